The van der Waals surface area contributed by atoms with Crippen LogP contribution in [-0.2, 0) is 23.6 Å². The number of nitrogens with zero attached hydrogens (tertiary/aromatic N) is 1. The SMILES string of the molecule is CC(C)[C@](C)(NC(=O)OC(C)(C)C)C(=O)N[C@H]1CN(C(=O)O)[C@@](CCCCB2OC(C)(C)C(C)(C)O2)(C(=O)O)C1. The number of hydrogen-bond donors (Lipinski definition) is 4. The van der Waals surface area contributed by atoms with Gasteiger partial charge in [0.2, 0.25) is 5.91 Å². The maximum atomic E-state index is 13.4. The van der Waals surface area contributed by atoms with Gasteiger partial charge in [0.15, 0.2) is 0 Å². The number of nitrogens with one attached hydrogen (secondary N) is 2. The molecule has 2 heterocycles. The van der Waals surface area contributed by atoms with Crippen molar-refractivity contribution in [1.29, 1.82) is 0 Å². The topological polar surface area (TPSA) is 164 Å². The number of carboxylic acids is 1. The van der Waals surface area contributed by atoms with Crippen molar-refractivity contribution in [3.63, 3.8) is 0 Å². The molecule has 2 fully saturated rings. The zero-order valence-corrected chi connectivity index (χ0v) is 25.7. The monoisotopic (exact) mass is 569 g/mol. The smallest absolute Gasteiger partial charge is 0.457 e. The summed E-state index contributed by atoms with van der Waals surface area (Å²) in [6.07, 6.45) is -0.635. The third-order valence-electron chi connectivity index (χ3n) is 8.44. The maximum absolute atomic E-state index is 13.4. The van der Waals surface area contributed by atoms with Crippen LogP contribution in [-0.4, -0.2) is 86.8 Å². The van der Waals surface area contributed by atoms with E-state index in [-0.39, 0.29) is 25.3 Å². The molecule has 2 saturated heterocycles. The lowest BCUT2D eigenvalue weighted by Crippen LogP contribution is -2.62. The second kappa shape index (κ2) is 11.8. The molecular formula is C27H48BN3O9. The highest BCUT2D eigenvalue weighted by Gasteiger charge is 2.55. The van der Waals surface area contributed by atoms with E-state index in [1.165, 1.54) is 0 Å². The Hall–Kier alpha value is -2.54. The van der Waals surface area contributed by atoms with E-state index in [0.717, 1.165) is 4.90 Å². The second-order valence-electron chi connectivity index (χ2n) is 13.5. The van der Waals surface area contributed by atoms with E-state index in [4.69, 9.17) is 14.0 Å². The Morgan fingerprint density at radius 2 is 1.57 bits per heavy atom. The molecule has 0 saturated carbocycles. The molecule has 0 aromatic carbocycles. The third-order valence-corrected chi connectivity index (χ3v) is 8.44. The van der Waals surface area contributed by atoms with Gasteiger partial charge in [0.25, 0.3) is 0 Å². The summed E-state index contributed by atoms with van der Waals surface area (Å²) in [5.74, 6) is -2.16. The number of amides is 3. The van der Waals surface area contributed by atoms with Gasteiger partial charge >= 0.3 is 25.3 Å². The van der Waals surface area contributed by atoms with E-state index in [0.29, 0.717) is 19.2 Å². The molecule has 4 N–H and O–H groups in total. The van der Waals surface area contributed by atoms with E-state index in [9.17, 15) is 29.4 Å². The fourth-order valence-corrected chi connectivity index (χ4v) is 5.01. The van der Waals surface area contributed by atoms with Crippen molar-refractivity contribution >= 4 is 31.2 Å². The molecule has 0 aromatic rings. The molecular weight excluding hydrogens is 521 g/mol. The Bertz CT molecular complexity index is 965. The van der Waals surface area contributed by atoms with Crippen molar-refractivity contribution in [3.05, 3.63) is 0 Å². The number of aliphatic carboxylic acids is 1. The van der Waals surface area contributed by atoms with Gasteiger partial charge in [-0.3, -0.25) is 9.69 Å². The van der Waals surface area contributed by atoms with E-state index in [1.54, 1.807) is 41.5 Å². The van der Waals surface area contributed by atoms with Crippen molar-refractivity contribution in [2.24, 2.45) is 5.92 Å². The van der Waals surface area contributed by atoms with Gasteiger partial charge in [-0.25, -0.2) is 14.4 Å². The largest absolute Gasteiger partial charge is 0.479 e. The highest BCUT2D eigenvalue weighted by Crippen LogP contribution is 2.39. The molecule has 40 heavy (non-hydrogen) atoms. The van der Waals surface area contributed by atoms with Crippen LogP contribution in [0, 0.1) is 5.92 Å². The molecule has 0 aromatic heterocycles. The van der Waals surface area contributed by atoms with E-state index in [1.807, 2.05) is 27.7 Å². The number of ether oxygens (including phenoxy) is 1. The summed E-state index contributed by atoms with van der Waals surface area (Å²) in [6.45, 7) is 17.8. The first kappa shape index (κ1) is 33.7. The molecule has 0 bridgehead atoms. The third kappa shape index (κ3) is 7.40. The van der Waals surface area contributed by atoms with Crippen LogP contribution in [0.5, 0.6) is 0 Å². The van der Waals surface area contributed by atoms with Crippen molar-refractivity contribution in [2.75, 3.05) is 6.54 Å². The van der Waals surface area contributed by atoms with Gasteiger partial charge in [-0.1, -0.05) is 26.7 Å². The van der Waals surface area contributed by atoms with Crippen LogP contribution >= 0.6 is 0 Å². The predicted molar refractivity (Wildman–Crippen MR) is 149 cm³/mol. The van der Waals surface area contributed by atoms with Crippen molar-refractivity contribution in [1.82, 2.24) is 15.5 Å². The maximum Gasteiger partial charge on any atom is 0.457 e. The number of carbonyl (C=O) groups is 4. The number of unbranched alkanes of at least 4 members (excludes halogenated alkanes) is 1. The Kier molecular flexibility index (Phi) is 9.89. The fraction of sp³-hybridized carbons (Fsp3) is 0.852. The molecule has 0 aliphatic carbocycles. The summed E-state index contributed by atoms with van der Waals surface area (Å²) in [4.78, 5) is 51.5. The van der Waals surface area contributed by atoms with Crippen LogP contribution in [0.1, 0.15) is 94.9 Å². The fourth-order valence-electron chi connectivity index (χ4n) is 5.01. The average molecular weight is 570 g/mol. The van der Waals surface area contributed by atoms with Gasteiger partial charge in [0.1, 0.15) is 16.7 Å². The van der Waals surface area contributed by atoms with Gasteiger partial charge < -0.3 is 34.9 Å². The highest BCUT2D eigenvalue weighted by atomic mass is 16.7. The van der Waals surface area contributed by atoms with Crippen LogP contribution < -0.4 is 10.6 Å². The molecule has 0 unspecified atom stereocenters. The Labute approximate surface area is 238 Å². The molecule has 0 spiro atoms. The number of hydrogen-bond acceptors (Lipinski definition) is 7. The second-order valence-corrected chi connectivity index (χ2v) is 13.5. The standard InChI is InChI=1S/C27H48BN3O9/c1-17(2)26(10,30-21(35)38-23(3,4)5)19(32)29-18-15-27(20(33)34,31(16-18)22(36)37)13-11-12-14-28-39-24(6,7)25(8,9)40-28/h17-18H,11-16H2,1-10H3,(H,29,32)(H,30,35)(H,33,34)(H,36,37)/t18-,26+,27-/m1/s1. The van der Waals surface area contributed by atoms with Gasteiger partial charge in [-0.2, -0.15) is 0 Å². The first-order valence-corrected chi connectivity index (χ1v) is 14.0. The zero-order chi connectivity index (χ0) is 30.9. The predicted octanol–water partition coefficient (Wildman–Crippen LogP) is 3.88. The number of likely N-dealkylation sites (tertiary alicyclic amines) is 1. The molecule has 2 aliphatic heterocycles. The van der Waals surface area contributed by atoms with E-state index in [2.05, 4.69) is 10.6 Å². The van der Waals surface area contributed by atoms with Gasteiger partial charge in [-0.15, -0.1) is 0 Å². The minimum absolute atomic E-state index is 0.0676. The first-order valence-electron chi connectivity index (χ1n) is 14.0. The molecule has 0 radical (unpaired) electrons. The van der Waals surface area contributed by atoms with Gasteiger partial charge in [0, 0.05) is 19.0 Å². The number of rotatable bonds is 10. The quantitative estimate of drug-likeness (QED) is 0.226. The normalized spacial score (nSPS) is 25.4. The first-order chi connectivity index (χ1) is 18.1. The summed E-state index contributed by atoms with van der Waals surface area (Å²) in [7, 11) is -0.428. The van der Waals surface area contributed by atoms with E-state index >= 15 is 0 Å². The van der Waals surface area contributed by atoms with Crippen LogP contribution in [0.4, 0.5) is 9.59 Å². The summed E-state index contributed by atoms with van der Waals surface area (Å²) in [6, 6.07) is -0.763. The number of carbonyl (C=O) groups excluding carboxylic acids is 2. The van der Waals surface area contributed by atoms with Crippen molar-refractivity contribution < 1.29 is 43.4 Å². The van der Waals surface area contributed by atoms with Gasteiger partial charge in [0.05, 0.1) is 11.2 Å². The molecule has 13 heteroatoms. The molecule has 228 valence electrons. The highest BCUT2D eigenvalue weighted by molar-refractivity contribution is 6.45. The van der Waals surface area contributed by atoms with Crippen LogP contribution in [0.25, 0.3) is 0 Å². The number of alkyl carbamates (subject to hydrolysis) is 1. The van der Waals surface area contributed by atoms with Crippen LogP contribution in [0.3, 0.4) is 0 Å². The number of carboxylic acid groups (broad SMARTS) is 2. The molecule has 2 rings (SSSR count). The lowest BCUT2D eigenvalue weighted by molar-refractivity contribution is -0.149. The molecule has 3 atom stereocenters. The molecule has 2 aliphatic rings. The van der Waals surface area contributed by atoms with E-state index < -0.39 is 65.1 Å². The van der Waals surface area contributed by atoms with Crippen molar-refractivity contribution in [2.45, 2.75) is 135 Å². The van der Waals surface area contributed by atoms with Crippen LogP contribution in [0.15, 0.2) is 0 Å². The Morgan fingerprint density at radius 3 is 2.02 bits per heavy atom. The van der Waals surface area contributed by atoms with Crippen LogP contribution in [0.2, 0.25) is 6.32 Å². The minimum Gasteiger partial charge on any atom is -0.479 e. The van der Waals surface area contributed by atoms with Crippen molar-refractivity contribution in [3.8, 4) is 0 Å². The lowest BCUT2D eigenvalue weighted by Gasteiger charge is -2.35. The Morgan fingerprint density at radius 1 is 1.02 bits per heavy atom. The average Bonchev–Trinajstić information content (AvgIpc) is 3.23. The summed E-state index contributed by atoms with van der Waals surface area (Å²) in [5.41, 5.74) is -4.80. The summed E-state index contributed by atoms with van der Waals surface area (Å²) >= 11 is 0. The summed E-state index contributed by atoms with van der Waals surface area (Å²) < 4.78 is 17.3. The minimum atomic E-state index is -1.70. The van der Waals surface area contributed by atoms with Gasteiger partial charge in [-0.05, 0) is 74.0 Å². The Balaban J connectivity index is 2.11. The molecule has 12 nitrogen and oxygen atoms in total. The zero-order valence-electron chi connectivity index (χ0n) is 25.7. The lowest BCUT2D eigenvalue weighted by atomic mass is 9.80. The molecule has 3 amide bonds. The summed E-state index contributed by atoms with van der Waals surface area (Å²) in [5, 5.41) is 25.6.